The first-order valence-electron chi connectivity index (χ1n) is 5.24. The van der Waals surface area contributed by atoms with Crippen LogP contribution in [0.4, 0.5) is 0 Å². The molecule has 0 saturated heterocycles. The van der Waals surface area contributed by atoms with Gasteiger partial charge in [0.2, 0.25) is 0 Å². The van der Waals surface area contributed by atoms with Gasteiger partial charge in [-0.25, -0.2) is 0 Å². The molecule has 16 heavy (non-hydrogen) atoms. The fourth-order valence-electron chi connectivity index (χ4n) is 1.54. The van der Waals surface area contributed by atoms with E-state index in [2.05, 4.69) is 6.92 Å². The fraction of sp³-hybridized carbons (Fsp3) is 1.00. The lowest BCUT2D eigenvalue weighted by molar-refractivity contribution is 0.332. The molecule has 0 aromatic carbocycles. The van der Waals surface area contributed by atoms with Gasteiger partial charge < -0.3 is 0 Å². The van der Waals surface area contributed by atoms with Gasteiger partial charge in [0.15, 0.2) is 7.59 Å². The first-order valence-corrected chi connectivity index (χ1v) is 7.51. The maximum absolute atomic E-state index is 5.93. The van der Waals surface area contributed by atoms with Gasteiger partial charge >= 0.3 is 0 Å². The van der Waals surface area contributed by atoms with Crippen LogP contribution in [0.15, 0.2) is 0 Å². The Hall–Kier alpha value is 1.74. The predicted molar refractivity (Wildman–Crippen MR) is 77.4 cm³/mol. The minimum Gasteiger partial charge on any atom is -0.0834 e. The van der Waals surface area contributed by atoms with E-state index in [1.165, 1.54) is 0 Å². The fourth-order valence-corrected chi connectivity index (χ4v) is 2.89. The molecular weight excluding hydrogens is 333 g/mol. The molecule has 2 unspecified atom stereocenters. The van der Waals surface area contributed by atoms with Gasteiger partial charge in [-0.15, -0.1) is 0 Å². The molecule has 0 spiro atoms. The van der Waals surface area contributed by atoms with Gasteiger partial charge in [0.25, 0.3) is 0 Å². The highest BCUT2D eigenvalue weighted by Crippen LogP contribution is 2.49. The summed E-state index contributed by atoms with van der Waals surface area (Å²) in [5, 5.41) is 0. The summed E-state index contributed by atoms with van der Waals surface area (Å²) >= 11 is 35.4. The Kier molecular flexibility index (Phi) is 8.16. The summed E-state index contributed by atoms with van der Waals surface area (Å²) in [6.07, 6.45) is 3.91. The molecule has 0 heterocycles. The van der Waals surface area contributed by atoms with Gasteiger partial charge in [-0.3, -0.25) is 0 Å². The normalized spacial score (nSPS) is 17.2. The summed E-state index contributed by atoms with van der Waals surface area (Å²) in [5.74, 6) is -0.557. The second kappa shape index (κ2) is 7.36. The topological polar surface area (TPSA) is 0 Å². The Bertz CT molecular complexity index is 192. The van der Waals surface area contributed by atoms with E-state index in [0.717, 1.165) is 25.7 Å². The molecule has 2 atom stereocenters. The molecule has 0 aromatic rings. The summed E-state index contributed by atoms with van der Waals surface area (Å²) in [5.41, 5.74) is 0. The van der Waals surface area contributed by atoms with Crippen molar-refractivity contribution in [2.45, 2.75) is 47.1 Å². The molecule has 0 aliphatic heterocycles. The lowest BCUT2D eigenvalue weighted by Gasteiger charge is -2.34. The van der Waals surface area contributed by atoms with E-state index in [4.69, 9.17) is 69.6 Å². The maximum Gasteiger partial charge on any atom is 0.193 e. The highest BCUT2D eigenvalue weighted by molar-refractivity contribution is 6.69. The Labute approximate surface area is 128 Å². The Morgan fingerprint density at radius 2 is 1.38 bits per heavy atom. The summed E-state index contributed by atoms with van der Waals surface area (Å²) in [7, 11) is 0. The minimum absolute atomic E-state index is 0.253. The van der Waals surface area contributed by atoms with Crippen LogP contribution < -0.4 is 0 Å². The highest BCUT2D eigenvalue weighted by atomic mass is 35.6. The molecule has 0 aromatic heterocycles. The first kappa shape index (κ1) is 17.7. The zero-order valence-corrected chi connectivity index (χ0v) is 13.8. The van der Waals surface area contributed by atoms with Crippen molar-refractivity contribution in [3.63, 3.8) is 0 Å². The van der Waals surface area contributed by atoms with Gasteiger partial charge in [0, 0.05) is 11.8 Å². The van der Waals surface area contributed by atoms with Crippen molar-refractivity contribution in [3.8, 4) is 0 Å². The molecule has 0 fully saturated rings. The maximum atomic E-state index is 5.93. The van der Waals surface area contributed by atoms with E-state index in [9.17, 15) is 0 Å². The van der Waals surface area contributed by atoms with Crippen LogP contribution >= 0.6 is 69.6 Å². The summed E-state index contributed by atoms with van der Waals surface area (Å²) in [6, 6.07) is 0. The second-order valence-corrected chi connectivity index (χ2v) is 8.71. The van der Waals surface area contributed by atoms with Gasteiger partial charge in [-0.05, 0) is 6.42 Å². The zero-order valence-electron chi connectivity index (χ0n) is 9.25. The number of hydrogen-bond donors (Lipinski definition) is 0. The third-order valence-electron chi connectivity index (χ3n) is 2.66. The molecule has 0 nitrogen and oxygen atoms in total. The molecule has 0 saturated carbocycles. The Balaban J connectivity index is 4.56. The first-order chi connectivity index (χ1) is 7.10. The molecule has 0 radical (unpaired) electrons. The standard InChI is InChI=1S/C10H16Cl6/c1-3-4-5-6-8(10(14,15)16)7(2)9(11,12)13/h7-8H,3-6H2,1-2H3. The molecule has 0 amide bonds. The Morgan fingerprint density at radius 3 is 1.69 bits per heavy atom. The SMILES string of the molecule is CCCCCC(C(C)C(Cl)(Cl)Cl)C(Cl)(Cl)Cl. The number of alkyl halides is 6. The molecule has 0 aliphatic carbocycles. The van der Waals surface area contributed by atoms with Crippen molar-refractivity contribution in [1.29, 1.82) is 0 Å². The lowest BCUT2D eigenvalue weighted by Crippen LogP contribution is -2.33. The Morgan fingerprint density at radius 1 is 0.875 bits per heavy atom. The molecule has 0 bridgehead atoms. The third kappa shape index (κ3) is 6.61. The number of rotatable bonds is 5. The zero-order chi connectivity index (χ0) is 13.0. The quantitative estimate of drug-likeness (QED) is 0.390. The molecule has 6 heteroatoms. The van der Waals surface area contributed by atoms with E-state index in [0.29, 0.717) is 0 Å². The molecule has 0 aliphatic rings. The number of unbranched alkanes of at least 4 members (excludes halogenated alkanes) is 2. The smallest absolute Gasteiger partial charge is 0.0834 e. The van der Waals surface area contributed by atoms with E-state index < -0.39 is 7.59 Å². The average Bonchev–Trinajstić information content (AvgIpc) is 2.08. The molecular formula is C10H16Cl6. The van der Waals surface area contributed by atoms with Crippen molar-refractivity contribution in [2.75, 3.05) is 0 Å². The summed E-state index contributed by atoms with van der Waals surface area (Å²) in [4.78, 5) is 0. The predicted octanol–water partition coefficient (Wildman–Crippen LogP) is 6.56. The minimum atomic E-state index is -1.40. The van der Waals surface area contributed by atoms with Gasteiger partial charge in [0.1, 0.15) is 0 Å². The number of halogens is 6. The van der Waals surface area contributed by atoms with Crippen molar-refractivity contribution in [3.05, 3.63) is 0 Å². The average molecular weight is 349 g/mol. The van der Waals surface area contributed by atoms with E-state index in [1.807, 2.05) is 0 Å². The van der Waals surface area contributed by atoms with E-state index in [-0.39, 0.29) is 11.8 Å². The van der Waals surface area contributed by atoms with Crippen LogP contribution in [-0.2, 0) is 0 Å². The van der Waals surface area contributed by atoms with Crippen LogP contribution in [0, 0.1) is 11.8 Å². The van der Waals surface area contributed by atoms with E-state index >= 15 is 0 Å². The monoisotopic (exact) mass is 346 g/mol. The van der Waals surface area contributed by atoms with Gasteiger partial charge in [-0.1, -0.05) is 103 Å². The summed E-state index contributed by atoms with van der Waals surface area (Å²) < 4.78 is -2.79. The van der Waals surface area contributed by atoms with E-state index in [1.54, 1.807) is 6.92 Å². The largest absolute Gasteiger partial charge is 0.193 e. The summed E-state index contributed by atoms with van der Waals surface area (Å²) in [6.45, 7) is 3.91. The van der Waals surface area contributed by atoms with Crippen molar-refractivity contribution in [2.24, 2.45) is 11.8 Å². The van der Waals surface area contributed by atoms with Gasteiger partial charge in [-0.2, -0.15) is 0 Å². The number of hydrogen-bond acceptors (Lipinski definition) is 0. The van der Waals surface area contributed by atoms with Crippen LogP contribution in [0.1, 0.15) is 39.5 Å². The second-order valence-electron chi connectivity index (χ2n) is 3.97. The van der Waals surface area contributed by atoms with Crippen LogP contribution in [-0.4, -0.2) is 7.59 Å². The van der Waals surface area contributed by atoms with Crippen LogP contribution in [0.5, 0.6) is 0 Å². The van der Waals surface area contributed by atoms with Crippen molar-refractivity contribution < 1.29 is 0 Å². The van der Waals surface area contributed by atoms with Crippen molar-refractivity contribution in [1.82, 2.24) is 0 Å². The van der Waals surface area contributed by atoms with Crippen molar-refractivity contribution >= 4 is 69.6 Å². The highest BCUT2D eigenvalue weighted by Gasteiger charge is 2.44. The van der Waals surface area contributed by atoms with Crippen LogP contribution in [0.2, 0.25) is 0 Å². The van der Waals surface area contributed by atoms with Crippen LogP contribution in [0.3, 0.4) is 0 Å². The molecule has 98 valence electrons. The molecule has 0 rings (SSSR count). The van der Waals surface area contributed by atoms with Crippen LogP contribution in [0.25, 0.3) is 0 Å². The molecule has 0 N–H and O–H groups in total. The third-order valence-corrected chi connectivity index (χ3v) is 4.53. The van der Waals surface area contributed by atoms with Gasteiger partial charge in [0.05, 0.1) is 0 Å². The lowest BCUT2D eigenvalue weighted by atomic mass is 9.91.